The first kappa shape index (κ1) is 19.4. The van der Waals surface area contributed by atoms with Gasteiger partial charge in [-0.25, -0.2) is 4.39 Å². The second kappa shape index (κ2) is 7.13. The zero-order valence-corrected chi connectivity index (χ0v) is 16.2. The maximum Gasteiger partial charge on any atom is 0.264 e. The average molecular weight is 414 g/mol. The molecule has 2 aromatic carbocycles. The molecule has 4 rings (SSSR count). The van der Waals surface area contributed by atoms with Crippen LogP contribution in [0.1, 0.15) is 33.9 Å². The number of nitrogens with zero attached hydrogens (tertiary/aromatic N) is 1. The lowest BCUT2D eigenvalue weighted by molar-refractivity contribution is -0.136. The van der Waals surface area contributed by atoms with Crippen LogP contribution < -0.4 is 4.90 Å². The maximum atomic E-state index is 14.3. The van der Waals surface area contributed by atoms with Gasteiger partial charge in [-0.1, -0.05) is 35.9 Å². The number of halogens is 2. The highest BCUT2D eigenvalue weighted by molar-refractivity contribution is 6.31. The van der Waals surface area contributed by atoms with Crippen molar-refractivity contribution in [3.05, 3.63) is 88.1 Å². The van der Waals surface area contributed by atoms with Gasteiger partial charge in [0, 0.05) is 16.1 Å². The van der Waals surface area contributed by atoms with Gasteiger partial charge < -0.3 is 14.4 Å². The standard InChI is InChI=1S/C22H17ClFNO4/c1-13-9-10-20(29-13)19(26)11-22(28)15-5-2-3-8-18(15)25(21(22)27)12-14-16(23)6-4-7-17(14)24/h2-10,28H,11-12H2,1H3/t22-/m1/s1. The molecule has 7 heteroatoms. The summed E-state index contributed by atoms with van der Waals surface area (Å²) in [7, 11) is 0. The van der Waals surface area contributed by atoms with Gasteiger partial charge in [-0.2, -0.15) is 0 Å². The van der Waals surface area contributed by atoms with Crippen LogP contribution in [0.2, 0.25) is 5.02 Å². The fourth-order valence-corrected chi connectivity index (χ4v) is 3.80. The summed E-state index contributed by atoms with van der Waals surface area (Å²) in [6, 6.07) is 14.0. The van der Waals surface area contributed by atoms with Crippen LogP contribution in [0, 0.1) is 12.7 Å². The second-order valence-corrected chi connectivity index (χ2v) is 7.39. The molecule has 0 fully saturated rings. The molecule has 0 saturated heterocycles. The van der Waals surface area contributed by atoms with Crippen molar-refractivity contribution in [2.75, 3.05) is 4.90 Å². The predicted molar refractivity (Wildman–Crippen MR) is 105 cm³/mol. The summed E-state index contributed by atoms with van der Waals surface area (Å²) in [5, 5.41) is 11.4. The lowest BCUT2D eigenvalue weighted by atomic mass is 9.89. The fourth-order valence-electron chi connectivity index (χ4n) is 3.58. The molecule has 5 nitrogen and oxygen atoms in total. The minimum Gasteiger partial charge on any atom is -0.458 e. The summed E-state index contributed by atoms with van der Waals surface area (Å²) < 4.78 is 19.6. The van der Waals surface area contributed by atoms with E-state index >= 15 is 0 Å². The molecular formula is C22H17ClFNO4. The van der Waals surface area contributed by atoms with E-state index < -0.39 is 29.5 Å². The van der Waals surface area contributed by atoms with Crippen molar-refractivity contribution in [1.29, 1.82) is 0 Å². The monoisotopic (exact) mass is 413 g/mol. The number of aliphatic hydroxyl groups is 1. The Labute approximate surface area is 171 Å². The topological polar surface area (TPSA) is 70.8 Å². The third-order valence-electron chi connectivity index (χ3n) is 5.05. The number of ketones is 1. The number of aryl methyl sites for hydroxylation is 1. The van der Waals surface area contributed by atoms with Crippen LogP contribution in [0.15, 0.2) is 59.0 Å². The quantitative estimate of drug-likeness (QED) is 0.630. The highest BCUT2D eigenvalue weighted by Crippen LogP contribution is 2.44. The molecule has 29 heavy (non-hydrogen) atoms. The molecule has 1 amide bonds. The van der Waals surface area contributed by atoms with Gasteiger partial charge in [0.05, 0.1) is 18.7 Å². The van der Waals surface area contributed by atoms with Crippen molar-refractivity contribution in [2.24, 2.45) is 0 Å². The van der Waals surface area contributed by atoms with Gasteiger partial charge in [-0.3, -0.25) is 9.59 Å². The van der Waals surface area contributed by atoms with Crippen LogP contribution in [-0.4, -0.2) is 16.8 Å². The molecule has 0 aliphatic carbocycles. The van der Waals surface area contributed by atoms with E-state index in [0.29, 0.717) is 11.4 Å². The number of anilines is 1. The summed E-state index contributed by atoms with van der Waals surface area (Å²) in [6.07, 6.45) is -0.489. The number of para-hydroxylation sites is 1. The molecule has 0 saturated carbocycles. The molecule has 0 unspecified atom stereocenters. The van der Waals surface area contributed by atoms with Crippen LogP contribution in [-0.2, 0) is 16.9 Å². The Morgan fingerprint density at radius 3 is 2.62 bits per heavy atom. The van der Waals surface area contributed by atoms with Gasteiger partial charge in [0.25, 0.3) is 5.91 Å². The maximum absolute atomic E-state index is 14.3. The van der Waals surface area contributed by atoms with Crippen molar-refractivity contribution in [1.82, 2.24) is 0 Å². The molecule has 1 atom stereocenters. The third kappa shape index (κ3) is 3.24. The minimum atomic E-state index is -2.08. The van der Waals surface area contributed by atoms with E-state index in [9.17, 15) is 19.1 Å². The van der Waals surface area contributed by atoms with E-state index in [2.05, 4.69) is 0 Å². The number of benzene rings is 2. The molecule has 2 heterocycles. The number of Topliss-reactive ketones (excluding diaryl/α,β-unsaturated/α-hetero) is 1. The number of hydrogen-bond acceptors (Lipinski definition) is 4. The largest absolute Gasteiger partial charge is 0.458 e. The third-order valence-corrected chi connectivity index (χ3v) is 5.40. The van der Waals surface area contributed by atoms with Crippen molar-refractivity contribution < 1.29 is 23.5 Å². The van der Waals surface area contributed by atoms with Gasteiger partial charge >= 0.3 is 0 Å². The smallest absolute Gasteiger partial charge is 0.264 e. The summed E-state index contributed by atoms with van der Waals surface area (Å²) >= 11 is 6.11. The Hall–Kier alpha value is -2.96. The molecule has 1 aromatic heterocycles. The average Bonchev–Trinajstić information content (AvgIpc) is 3.21. The zero-order valence-electron chi connectivity index (χ0n) is 15.5. The fraction of sp³-hybridized carbons (Fsp3) is 0.182. The van der Waals surface area contributed by atoms with E-state index in [1.807, 2.05) is 0 Å². The van der Waals surface area contributed by atoms with E-state index in [0.717, 1.165) is 0 Å². The SMILES string of the molecule is Cc1ccc(C(=O)C[C@]2(O)C(=O)N(Cc3c(F)cccc3Cl)c3ccccc32)o1. The number of carbonyl (C=O) groups is 2. The first-order chi connectivity index (χ1) is 13.8. The number of carbonyl (C=O) groups excluding carboxylic acids is 2. The molecular weight excluding hydrogens is 397 g/mol. The number of rotatable bonds is 5. The van der Waals surface area contributed by atoms with Gasteiger partial charge in [-0.05, 0) is 37.3 Å². The summed E-state index contributed by atoms with van der Waals surface area (Å²) in [4.78, 5) is 27.1. The molecule has 3 aromatic rings. The number of hydrogen-bond donors (Lipinski definition) is 1. The molecule has 1 N–H and O–H groups in total. The Kier molecular flexibility index (Phi) is 4.76. The Bertz CT molecular complexity index is 1110. The molecule has 0 bridgehead atoms. The van der Waals surface area contributed by atoms with Gasteiger partial charge in [0.15, 0.2) is 11.4 Å². The highest BCUT2D eigenvalue weighted by atomic mass is 35.5. The number of amides is 1. The van der Waals surface area contributed by atoms with Crippen LogP contribution in [0.25, 0.3) is 0 Å². The summed E-state index contributed by atoms with van der Waals surface area (Å²) in [5.41, 5.74) is -1.25. The second-order valence-electron chi connectivity index (χ2n) is 6.98. The van der Waals surface area contributed by atoms with Crippen LogP contribution in [0.5, 0.6) is 0 Å². The van der Waals surface area contributed by atoms with Crippen molar-refractivity contribution in [3.8, 4) is 0 Å². The van der Waals surface area contributed by atoms with Crippen molar-refractivity contribution in [2.45, 2.75) is 25.5 Å². The summed E-state index contributed by atoms with van der Waals surface area (Å²) in [5.74, 6) is -1.16. The first-order valence-corrected chi connectivity index (χ1v) is 9.35. The van der Waals surface area contributed by atoms with Gasteiger partial charge in [0.2, 0.25) is 5.78 Å². The van der Waals surface area contributed by atoms with Crippen molar-refractivity contribution >= 4 is 29.0 Å². The van der Waals surface area contributed by atoms with Gasteiger partial charge in [0.1, 0.15) is 11.6 Å². The Morgan fingerprint density at radius 2 is 1.93 bits per heavy atom. The molecule has 0 spiro atoms. The molecule has 1 aliphatic heterocycles. The van der Waals surface area contributed by atoms with E-state index in [1.54, 1.807) is 37.3 Å². The zero-order chi connectivity index (χ0) is 20.8. The lowest BCUT2D eigenvalue weighted by Crippen LogP contribution is -2.41. The molecule has 0 radical (unpaired) electrons. The Morgan fingerprint density at radius 1 is 1.17 bits per heavy atom. The van der Waals surface area contributed by atoms with Crippen LogP contribution >= 0.6 is 11.6 Å². The molecule has 148 valence electrons. The normalized spacial score (nSPS) is 18.2. The highest BCUT2D eigenvalue weighted by Gasteiger charge is 2.51. The summed E-state index contributed by atoms with van der Waals surface area (Å²) in [6.45, 7) is 1.53. The van der Waals surface area contributed by atoms with E-state index in [-0.39, 0.29) is 28.5 Å². The van der Waals surface area contributed by atoms with E-state index in [4.69, 9.17) is 16.0 Å². The van der Waals surface area contributed by atoms with Gasteiger partial charge in [-0.15, -0.1) is 0 Å². The Balaban J connectivity index is 1.71. The number of furan rings is 1. The predicted octanol–water partition coefficient (Wildman–Crippen LogP) is 4.39. The lowest BCUT2D eigenvalue weighted by Gasteiger charge is -2.23. The minimum absolute atomic E-state index is 0.0665. The first-order valence-electron chi connectivity index (χ1n) is 8.97. The van der Waals surface area contributed by atoms with Crippen molar-refractivity contribution in [3.63, 3.8) is 0 Å². The van der Waals surface area contributed by atoms with Crippen LogP contribution in [0.4, 0.5) is 10.1 Å². The van der Waals surface area contributed by atoms with Crippen LogP contribution in [0.3, 0.4) is 0 Å². The molecule has 1 aliphatic rings. The van der Waals surface area contributed by atoms with E-state index in [1.165, 1.54) is 29.2 Å². The number of fused-ring (bicyclic) bond motifs is 1.